The molecule has 78 valence electrons. The first kappa shape index (κ1) is 10.6. The lowest BCUT2D eigenvalue weighted by Crippen LogP contribution is -2.12. The monoisotopic (exact) mass is 198 g/mol. The Balaban J connectivity index is 2.85. The molecule has 0 fully saturated rings. The summed E-state index contributed by atoms with van der Waals surface area (Å²) in [6.07, 6.45) is 1.69. The van der Waals surface area contributed by atoms with Gasteiger partial charge >= 0.3 is 5.97 Å². The molecule has 0 aliphatic rings. The highest BCUT2D eigenvalue weighted by Crippen LogP contribution is 2.11. The van der Waals surface area contributed by atoms with Crippen LogP contribution in [0.4, 0.5) is 5.69 Å². The van der Waals surface area contributed by atoms with Crippen molar-refractivity contribution in [3.8, 4) is 0 Å². The number of esters is 1. The number of hydrogen-bond acceptors (Lipinski definition) is 4. The fourth-order valence-electron chi connectivity index (χ4n) is 1.18. The molecule has 14 heavy (non-hydrogen) atoms. The van der Waals surface area contributed by atoms with E-state index >= 15 is 0 Å². The maximum atomic E-state index is 11.3. The molecule has 0 aliphatic carbocycles. The van der Waals surface area contributed by atoms with Crippen LogP contribution in [0.15, 0.2) is 12.3 Å². The van der Waals surface area contributed by atoms with Gasteiger partial charge in [0, 0.05) is 19.9 Å². The van der Waals surface area contributed by atoms with Gasteiger partial charge in [0.25, 0.3) is 0 Å². The molecule has 1 heterocycles. The van der Waals surface area contributed by atoms with Gasteiger partial charge in [0.2, 0.25) is 0 Å². The lowest BCUT2D eigenvalue weighted by molar-refractivity contribution is 0.0586. The Morgan fingerprint density at radius 3 is 2.86 bits per heavy atom. The van der Waals surface area contributed by atoms with Crippen molar-refractivity contribution in [3.05, 3.63) is 18.0 Å². The minimum absolute atomic E-state index is 0.391. The average Bonchev–Trinajstić information content (AvgIpc) is 2.55. The van der Waals surface area contributed by atoms with E-state index in [9.17, 15) is 4.79 Å². The molecule has 0 spiro atoms. The highest BCUT2D eigenvalue weighted by atomic mass is 16.5. The van der Waals surface area contributed by atoms with Crippen molar-refractivity contribution in [2.75, 3.05) is 26.6 Å². The summed E-state index contributed by atoms with van der Waals surface area (Å²) < 4.78 is 11.2. The quantitative estimate of drug-likeness (QED) is 0.715. The maximum Gasteiger partial charge on any atom is 0.354 e. The minimum Gasteiger partial charge on any atom is -0.464 e. The molecule has 1 rings (SSSR count). The Morgan fingerprint density at radius 2 is 2.29 bits per heavy atom. The van der Waals surface area contributed by atoms with Gasteiger partial charge in [0.1, 0.15) is 5.69 Å². The van der Waals surface area contributed by atoms with Gasteiger partial charge in [0.15, 0.2) is 0 Å². The van der Waals surface area contributed by atoms with Crippen LogP contribution in [-0.4, -0.2) is 31.4 Å². The highest BCUT2D eigenvalue weighted by Gasteiger charge is 2.12. The molecule has 1 aromatic rings. The molecular weight excluding hydrogens is 184 g/mol. The molecule has 0 aliphatic heterocycles. The average molecular weight is 198 g/mol. The molecule has 0 saturated heterocycles. The van der Waals surface area contributed by atoms with E-state index in [1.807, 2.05) is 0 Å². The van der Waals surface area contributed by atoms with E-state index in [-0.39, 0.29) is 0 Å². The number of anilines is 1. The molecule has 0 atom stereocenters. The number of nitrogens with two attached hydrogens (primary N) is 1. The predicted molar refractivity (Wildman–Crippen MR) is 52.1 cm³/mol. The lowest BCUT2D eigenvalue weighted by Gasteiger charge is -2.05. The molecular formula is C9H14N2O3. The van der Waals surface area contributed by atoms with Crippen LogP contribution in [0.3, 0.4) is 0 Å². The fourth-order valence-corrected chi connectivity index (χ4v) is 1.18. The summed E-state index contributed by atoms with van der Waals surface area (Å²) in [6.45, 7) is 1.11. The Kier molecular flexibility index (Phi) is 3.53. The molecule has 0 saturated carbocycles. The number of methoxy groups -OCH3 is 2. The van der Waals surface area contributed by atoms with Crippen LogP contribution in [0.25, 0.3) is 0 Å². The van der Waals surface area contributed by atoms with Crippen LogP contribution in [0, 0.1) is 0 Å². The zero-order chi connectivity index (χ0) is 10.6. The molecule has 0 aromatic carbocycles. The molecule has 1 aromatic heterocycles. The van der Waals surface area contributed by atoms with Crippen molar-refractivity contribution in [2.24, 2.45) is 0 Å². The summed E-state index contributed by atoms with van der Waals surface area (Å²) in [6, 6.07) is 1.58. The predicted octanol–water partition coefficient (Wildman–Crippen LogP) is 0.503. The van der Waals surface area contributed by atoms with E-state index in [0.717, 1.165) is 0 Å². The van der Waals surface area contributed by atoms with Crippen molar-refractivity contribution < 1.29 is 14.3 Å². The van der Waals surface area contributed by atoms with Crippen LogP contribution in [0.5, 0.6) is 0 Å². The zero-order valence-electron chi connectivity index (χ0n) is 8.32. The van der Waals surface area contributed by atoms with E-state index < -0.39 is 5.97 Å². The van der Waals surface area contributed by atoms with Crippen LogP contribution in [0.1, 0.15) is 10.5 Å². The van der Waals surface area contributed by atoms with Gasteiger partial charge in [-0.2, -0.15) is 0 Å². The molecule has 0 bridgehead atoms. The largest absolute Gasteiger partial charge is 0.464 e. The van der Waals surface area contributed by atoms with Crippen LogP contribution >= 0.6 is 0 Å². The summed E-state index contributed by atoms with van der Waals surface area (Å²) in [5.41, 5.74) is 6.56. The van der Waals surface area contributed by atoms with Crippen molar-refractivity contribution in [3.63, 3.8) is 0 Å². The van der Waals surface area contributed by atoms with Gasteiger partial charge in [-0.1, -0.05) is 0 Å². The molecule has 0 radical (unpaired) electrons. The van der Waals surface area contributed by atoms with Crippen LogP contribution in [0.2, 0.25) is 0 Å². The van der Waals surface area contributed by atoms with E-state index in [0.29, 0.717) is 24.5 Å². The van der Waals surface area contributed by atoms with Gasteiger partial charge in [-0.3, -0.25) is 0 Å². The number of ether oxygens (including phenoxy) is 2. The summed E-state index contributed by atoms with van der Waals surface area (Å²) in [5, 5.41) is 0. The summed E-state index contributed by atoms with van der Waals surface area (Å²) in [7, 11) is 2.94. The third kappa shape index (κ3) is 2.26. The number of hydrogen-bond donors (Lipinski definition) is 1. The zero-order valence-corrected chi connectivity index (χ0v) is 8.32. The fraction of sp³-hybridized carbons (Fsp3) is 0.444. The first-order chi connectivity index (χ1) is 6.69. The summed E-state index contributed by atoms with van der Waals surface area (Å²) in [4.78, 5) is 11.3. The second-order valence-electron chi connectivity index (χ2n) is 2.84. The van der Waals surface area contributed by atoms with E-state index in [2.05, 4.69) is 4.74 Å². The first-order valence-corrected chi connectivity index (χ1v) is 4.22. The second kappa shape index (κ2) is 4.66. The third-order valence-corrected chi connectivity index (χ3v) is 1.85. The number of aromatic nitrogens is 1. The first-order valence-electron chi connectivity index (χ1n) is 4.22. The Bertz CT molecular complexity index is 320. The standard InChI is InChI=1S/C9H14N2O3/c1-13-4-3-11-6-7(10)5-8(11)9(12)14-2/h5-6H,3-4,10H2,1-2H3. The molecule has 2 N–H and O–H groups in total. The second-order valence-corrected chi connectivity index (χ2v) is 2.84. The van der Waals surface area contributed by atoms with Gasteiger partial charge in [-0.15, -0.1) is 0 Å². The van der Waals surface area contributed by atoms with Gasteiger partial charge in [0.05, 0.1) is 19.4 Å². The maximum absolute atomic E-state index is 11.3. The van der Waals surface area contributed by atoms with Gasteiger partial charge < -0.3 is 19.8 Å². The molecule has 0 amide bonds. The topological polar surface area (TPSA) is 66.5 Å². The smallest absolute Gasteiger partial charge is 0.354 e. The van der Waals surface area contributed by atoms with Crippen molar-refractivity contribution in [1.82, 2.24) is 4.57 Å². The van der Waals surface area contributed by atoms with Gasteiger partial charge in [-0.25, -0.2) is 4.79 Å². The number of nitrogens with zero attached hydrogens (tertiary/aromatic N) is 1. The van der Waals surface area contributed by atoms with Crippen LogP contribution in [-0.2, 0) is 16.0 Å². The van der Waals surface area contributed by atoms with Crippen molar-refractivity contribution in [1.29, 1.82) is 0 Å². The van der Waals surface area contributed by atoms with E-state index in [1.165, 1.54) is 7.11 Å². The van der Waals surface area contributed by atoms with Crippen LogP contribution < -0.4 is 5.73 Å². The van der Waals surface area contributed by atoms with E-state index in [4.69, 9.17) is 10.5 Å². The third-order valence-electron chi connectivity index (χ3n) is 1.85. The number of rotatable bonds is 4. The summed E-state index contributed by atoms with van der Waals surface area (Å²) in [5.74, 6) is -0.391. The Labute approximate surface area is 82.4 Å². The highest BCUT2D eigenvalue weighted by molar-refractivity contribution is 5.88. The normalized spacial score (nSPS) is 10.1. The van der Waals surface area contributed by atoms with Crippen molar-refractivity contribution in [2.45, 2.75) is 6.54 Å². The molecule has 0 unspecified atom stereocenters. The summed E-state index contributed by atoms with van der Waals surface area (Å²) >= 11 is 0. The number of nitrogen functional groups attached to an aromatic ring is 1. The number of carbonyl (C=O) groups excluding carboxylic acids is 1. The van der Waals surface area contributed by atoms with Crippen molar-refractivity contribution >= 4 is 11.7 Å². The SMILES string of the molecule is COCCn1cc(N)cc1C(=O)OC. The lowest BCUT2D eigenvalue weighted by atomic mass is 10.4. The molecule has 5 heteroatoms. The minimum atomic E-state index is -0.391. The van der Waals surface area contributed by atoms with E-state index in [1.54, 1.807) is 23.9 Å². The van der Waals surface area contributed by atoms with Gasteiger partial charge in [-0.05, 0) is 6.07 Å². The Hall–Kier alpha value is -1.49. The Morgan fingerprint density at radius 1 is 1.57 bits per heavy atom. The molecule has 5 nitrogen and oxygen atoms in total. The number of carbonyl (C=O) groups is 1.